The molecule has 1 unspecified atom stereocenters. The fourth-order valence-corrected chi connectivity index (χ4v) is 2.59. The zero-order valence-corrected chi connectivity index (χ0v) is 11.2. The van der Waals surface area contributed by atoms with Crippen molar-refractivity contribution in [2.24, 2.45) is 0 Å². The fraction of sp³-hybridized carbons (Fsp3) is 0.533. The molecule has 0 spiro atoms. The number of hydrogen-bond acceptors (Lipinski definition) is 3. The van der Waals surface area contributed by atoms with E-state index in [1.807, 2.05) is 0 Å². The largest absolute Gasteiger partial charge is 0.366 e. The molecule has 1 fully saturated rings. The number of nitriles is 1. The molecule has 1 aromatic rings. The second kappa shape index (κ2) is 5.88. The van der Waals surface area contributed by atoms with Crippen molar-refractivity contribution in [3.8, 4) is 6.07 Å². The molecule has 1 heterocycles. The van der Waals surface area contributed by atoms with Crippen LogP contribution in [0.1, 0.15) is 24.0 Å². The Bertz CT molecular complexity index is 448. The third kappa shape index (κ3) is 2.65. The molecule has 1 atom stereocenters. The van der Waals surface area contributed by atoms with Crippen molar-refractivity contribution < 1.29 is 0 Å². The van der Waals surface area contributed by atoms with Gasteiger partial charge in [-0.15, -0.1) is 0 Å². The Morgan fingerprint density at radius 2 is 2.28 bits per heavy atom. The number of nitrogens with zero attached hydrogens (tertiary/aromatic N) is 2. The van der Waals surface area contributed by atoms with Crippen LogP contribution in [0.25, 0.3) is 0 Å². The van der Waals surface area contributed by atoms with Gasteiger partial charge in [0, 0.05) is 18.8 Å². The van der Waals surface area contributed by atoms with Crippen molar-refractivity contribution in [1.82, 2.24) is 5.32 Å². The van der Waals surface area contributed by atoms with Crippen LogP contribution in [-0.4, -0.2) is 25.7 Å². The van der Waals surface area contributed by atoms with E-state index in [9.17, 15) is 0 Å². The summed E-state index contributed by atoms with van der Waals surface area (Å²) >= 11 is 0. The highest BCUT2D eigenvalue weighted by Gasteiger charge is 2.22. The van der Waals surface area contributed by atoms with Crippen molar-refractivity contribution in [3.63, 3.8) is 0 Å². The summed E-state index contributed by atoms with van der Waals surface area (Å²) in [5.74, 6) is 0. The highest BCUT2D eigenvalue weighted by molar-refractivity contribution is 5.57. The lowest BCUT2D eigenvalue weighted by molar-refractivity contribution is 0.596. The van der Waals surface area contributed by atoms with Gasteiger partial charge in [-0.1, -0.05) is 12.1 Å². The predicted molar refractivity (Wildman–Crippen MR) is 74.8 cm³/mol. The molecule has 18 heavy (non-hydrogen) atoms. The van der Waals surface area contributed by atoms with Crippen LogP contribution in [0, 0.1) is 25.2 Å². The first-order valence-corrected chi connectivity index (χ1v) is 6.64. The average molecular weight is 243 g/mol. The first-order chi connectivity index (χ1) is 8.74. The lowest BCUT2D eigenvalue weighted by Gasteiger charge is -2.32. The molecule has 1 saturated heterocycles. The lowest BCUT2D eigenvalue weighted by Crippen LogP contribution is -2.40. The fourth-order valence-electron chi connectivity index (χ4n) is 2.59. The number of hydrogen-bond donors (Lipinski definition) is 1. The van der Waals surface area contributed by atoms with Crippen LogP contribution in [0.4, 0.5) is 5.69 Å². The van der Waals surface area contributed by atoms with E-state index in [1.165, 1.54) is 16.8 Å². The van der Waals surface area contributed by atoms with Gasteiger partial charge in [0.25, 0.3) is 0 Å². The predicted octanol–water partition coefficient (Wildman–Crippen LogP) is 2.39. The highest BCUT2D eigenvalue weighted by atomic mass is 15.2. The molecule has 1 aliphatic heterocycles. The van der Waals surface area contributed by atoms with Crippen molar-refractivity contribution in [3.05, 3.63) is 29.3 Å². The molecular weight excluding hydrogens is 222 g/mol. The van der Waals surface area contributed by atoms with Crippen LogP contribution in [0.3, 0.4) is 0 Å². The molecule has 96 valence electrons. The smallest absolute Gasteiger partial charge is 0.0643 e. The summed E-state index contributed by atoms with van der Waals surface area (Å²) in [5.41, 5.74) is 3.95. The summed E-state index contributed by atoms with van der Waals surface area (Å²) in [4.78, 5) is 2.41. The van der Waals surface area contributed by atoms with Gasteiger partial charge >= 0.3 is 0 Å². The van der Waals surface area contributed by atoms with Crippen LogP contribution < -0.4 is 10.2 Å². The topological polar surface area (TPSA) is 39.1 Å². The molecule has 0 saturated carbocycles. The average Bonchev–Trinajstić information content (AvgIpc) is 2.59. The molecular formula is C15H21N3. The van der Waals surface area contributed by atoms with Gasteiger partial charge in [0.1, 0.15) is 0 Å². The van der Waals surface area contributed by atoms with Crippen molar-refractivity contribution in [1.29, 1.82) is 5.26 Å². The number of nitrogens with one attached hydrogen (secondary N) is 1. The number of anilines is 1. The molecule has 3 heteroatoms. The van der Waals surface area contributed by atoms with Crippen LogP contribution in [0.15, 0.2) is 18.2 Å². The molecule has 1 N–H and O–H groups in total. The first kappa shape index (κ1) is 12.9. The van der Waals surface area contributed by atoms with Gasteiger partial charge in [-0.05, 0) is 44.0 Å². The normalized spacial score (nSPS) is 20.3. The van der Waals surface area contributed by atoms with E-state index in [0.29, 0.717) is 6.42 Å². The maximum Gasteiger partial charge on any atom is 0.0643 e. The minimum Gasteiger partial charge on any atom is -0.366 e. The quantitative estimate of drug-likeness (QED) is 0.867. The maximum atomic E-state index is 8.99. The molecule has 1 aliphatic rings. The minimum absolute atomic E-state index is 0.290. The van der Waals surface area contributed by atoms with Crippen molar-refractivity contribution >= 4 is 5.69 Å². The Labute approximate surface area is 109 Å². The van der Waals surface area contributed by atoms with Crippen LogP contribution in [0.2, 0.25) is 0 Å². The molecule has 1 aromatic carbocycles. The van der Waals surface area contributed by atoms with E-state index in [1.54, 1.807) is 0 Å². The molecule has 0 aromatic heterocycles. The van der Waals surface area contributed by atoms with E-state index in [-0.39, 0.29) is 6.04 Å². The number of aryl methyl sites for hydroxylation is 1. The van der Waals surface area contributed by atoms with Gasteiger partial charge in [0.15, 0.2) is 0 Å². The molecule has 0 radical (unpaired) electrons. The summed E-state index contributed by atoms with van der Waals surface area (Å²) in [6.45, 7) is 7.30. The van der Waals surface area contributed by atoms with E-state index >= 15 is 0 Å². The SMILES string of the molecule is Cc1cccc(N2CCCNCC2CC#N)c1C. The number of benzene rings is 1. The minimum atomic E-state index is 0.290. The lowest BCUT2D eigenvalue weighted by atomic mass is 10.0. The maximum absolute atomic E-state index is 8.99. The van der Waals surface area contributed by atoms with Gasteiger partial charge in [0.2, 0.25) is 0 Å². The van der Waals surface area contributed by atoms with Crippen LogP contribution in [0.5, 0.6) is 0 Å². The van der Waals surface area contributed by atoms with Gasteiger partial charge < -0.3 is 10.2 Å². The standard InChI is InChI=1S/C15H21N3/c1-12-5-3-6-15(13(12)2)18-10-4-9-17-11-14(18)7-8-16/h3,5-6,14,17H,4,7,9-11H2,1-2H3. The van der Waals surface area contributed by atoms with Crippen LogP contribution >= 0.6 is 0 Å². The second-order valence-corrected chi connectivity index (χ2v) is 4.99. The van der Waals surface area contributed by atoms with E-state index in [0.717, 1.165) is 26.1 Å². The van der Waals surface area contributed by atoms with Crippen LogP contribution in [-0.2, 0) is 0 Å². The Morgan fingerprint density at radius 3 is 3.06 bits per heavy atom. The first-order valence-electron chi connectivity index (χ1n) is 6.64. The van der Waals surface area contributed by atoms with E-state index < -0.39 is 0 Å². The molecule has 2 rings (SSSR count). The van der Waals surface area contributed by atoms with Crippen molar-refractivity contribution in [2.75, 3.05) is 24.5 Å². The van der Waals surface area contributed by atoms with E-state index in [4.69, 9.17) is 5.26 Å². The Morgan fingerprint density at radius 1 is 1.44 bits per heavy atom. The Kier molecular flexibility index (Phi) is 4.22. The molecule has 0 amide bonds. The van der Waals surface area contributed by atoms with Crippen molar-refractivity contribution in [2.45, 2.75) is 32.7 Å². The molecule has 0 bridgehead atoms. The third-order valence-electron chi connectivity index (χ3n) is 3.79. The summed E-state index contributed by atoms with van der Waals surface area (Å²) in [7, 11) is 0. The zero-order valence-electron chi connectivity index (χ0n) is 11.2. The second-order valence-electron chi connectivity index (χ2n) is 4.99. The Hall–Kier alpha value is -1.53. The zero-order chi connectivity index (χ0) is 13.0. The molecule has 3 nitrogen and oxygen atoms in total. The van der Waals surface area contributed by atoms with Gasteiger partial charge in [-0.25, -0.2) is 0 Å². The number of rotatable bonds is 2. The van der Waals surface area contributed by atoms with E-state index in [2.05, 4.69) is 48.3 Å². The summed E-state index contributed by atoms with van der Waals surface area (Å²) < 4.78 is 0. The van der Waals surface area contributed by atoms with Gasteiger partial charge in [0.05, 0.1) is 18.5 Å². The third-order valence-corrected chi connectivity index (χ3v) is 3.79. The summed E-state index contributed by atoms with van der Waals surface area (Å²) in [5, 5.41) is 12.4. The Balaban J connectivity index is 2.32. The monoisotopic (exact) mass is 243 g/mol. The highest BCUT2D eigenvalue weighted by Crippen LogP contribution is 2.26. The molecule has 0 aliphatic carbocycles. The van der Waals surface area contributed by atoms with Gasteiger partial charge in [-0.2, -0.15) is 5.26 Å². The summed E-state index contributed by atoms with van der Waals surface area (Å²) in [6.07, 6.45) is 1.72. The summed E-state index contributed by atoms with van der Waals surface area (Å²) in [6, 6.07) is 9.04. The van der Waals surface area contributed by atoms with Gasteiger partial charge in [-0.3, -0.25) is 0 Å².